The molecule has 2 nitrogen and oxygen atoms in total. The number of nitrogens with one attached hydrogen (secondary N) is 1. The average molecular weight is 158 g/mol. The zero-order valence-electron chi connectivity index (χ0n) is 8.06. The molecule has 11 heavy (non-hydrogen) atoms. The van der Waals surface area contributed by atoms with Crippen LogP contribution in [-0.4, -0.2) is 6.04 Å². The van der Waals surface area contributed by atoms with E-state index in [0.29, 0.717) is 6.04 Å². The number of nitrogens with two attached hydrogens (primary N) is 1. The average Bonchev–Trinajstić information content (AvgIpc) is 1.97. The monoisotopic (exact) mass is 158 g/mol. The molecule has 0 radical (unpaired) electrons. The Labute approximate surface area is 70.5 Å². The number of unbranched alkanes of at least 4 members (excludes halogenated alkanes) is 1. The van der Waals surface area contributed by atoms with Gasteiger partial charge >= 0.3 is 0 Å². The van der Waals surface area contributed by atoms with Gasteiger partial charge in [-0.15, -0.1) is 0 Å². The van der Waals surface area contributed by atoms with E-state index in [1.54, 1.807) is 0 Å². The van der Waals surface area contributed by atoms with Gasteiger partial charge in [0, 0.05) is 6.04 Å². The van der Waals surface area contributed by atoms with Crippen molar-refractivity contribution < 1.29 is 0 Å². The first-order chi connectivity index (χ1) is 5.20. The van der Waals surface area contributed by atoms with Gasteiger partial charge < -0.3 is 0 Å². The summed E-state index contributed by atoms with van der Waals surface area (Å²) >= 11 is 0. The first-order valence-corrected chi connectivity index (χ1v) is 4.66. The standard InChI is InChI=1S/C9H22N2/c1-4-5-6-9(11-10)7-8(2)3/h8-9,11H,4-7,10H2,1-3H3. The zero-order chi connectivity index (χ0) is 8.69. The van der Waals surface area contributed by atoms with Crippen LogP contribution in [0.1, 0.15) is 46.5 Å². The fraction of sp³-hybridized carbons (Fsp3) is 1.00. The van der Waals surface area contributed by atoms with Crippen LogP contribution in [0.4, 0.5) is 0 Å². The van der Waals surface area contributed by atoms with Gasteiger partial charge in [-0.25, -0.2) is 0 Å². The third kappa shape index (κ3) is 6.32. The third-order valence-corrected chi connectivity index (χ3v) is 1.90. The van der Waals surface area contributed by atoms with Gasteiger partial charge in [0.15, 0.2) is 0 Å². The highest BCUT2D eigenvalue weighted by Crippen LogP contribution is 2.09. The van der Waals surface area contributed by atoms with E-state index in [1.165, 1.54) is 25.7 Å². The van der Waals surface area contributed by atoms with E-state index in [9.17, 15) is 0 Å². The summed E-state index contributed by atoms with van der Waals surface area (Å²) in [5.74, 6) is 6.16. The second kappa shape index (κ2) is 6.62. The molecular formula is C9H22N2. The topological polar surface area (TPSA) is 38.0 Å². The molecule has 0 aliphatic rings. The maximum absolute atomic E-state index is 5.41. The summed E-state index contributed by atoms with van der Waals surface area (Å²) in [4.78, 5) is 0. The second-order valence-corrected chi connectivity index (χ2v) is 3.64. The van der Waals surface area contributed by atoms with Crippen LogP contribution in [0.2, 0.25) is 0 Å². The van der Waals surface area contributed by atoms with E-state index in [-0.39, 0.29) is 0 Å². The van der Waals surface area contributed by atoms with Gasteiger partial charge in [-0.3, -0.25) is 11.3 Å². The molecule has 0 aliphatic heterocycles. The Morgan fingerprint density at radius 2 is 2.00 bits per heavy atom. The molecule has 0 fully saturated rings. The van der Waals surface area contributed by atoms with E-state index < -0.39 is 0 Å². The maximum atomic E-state index is 5.41. The summed E-state index contributed by atoms with van der Waals surface area (Å²) in [5, 5.41) is 0. The molecule has 0 rings (SSSR count). The molecule has 0 spiro atoms. The fourth-order valence-corrected chi connectivity index (χ4v) is 1.29. The van der Waals surface area contributed by atoms with Gasteiger partial charge in [-0.05, 0) is 18.8 Å². The van der Waals surface area contributed by atoms with Gasteiger partial charge in [0.1, 0.15) is 0 Å². The Bertz CT molecular complexity index is 81.6. The summed E-state index contributed by atoms with van der Waals surface area (Å²) in [5.41, 5.74) is 2.87. The molecule has 3 N–H and O–H groups in total. The van der Waals surface area contributed by atoms with Crippen molar-refractivity contribution in [1.29, 1.82) is 0 Å². The number of hydrazine groups is 1. The quantitative estimate of drug-likeness (QED) is 0.458. The maximum Gasteiger partial charge on any atom is 0.0213 e. The van der Waals surface area contributed by atoms with Crippen LogP contribution in [-0.2, 0) is 0 Å². The Balaban J connectivity index is 3.41. The molecule has 0 aromatic heterocycles. The lowest BCUT2D eigenvalue weighted by molar-refractivity contribution is 0.395. The van der Waals surface area contributed by atoms with Crippen molar-refractivity contribution in [2.24, 2.45) is 11.8 Å². The van der Waals surface area contributed by atoms with Gasteiger partial charge in [-0.2, -0.15) is 0 Å². The lowest BCUT2D eigenvalue weighted by atomic mass is 10.00. The van der Waals surface area contributed by atoms with Gasteiger partial charge in [0.2, 0.25) is 0 Å². The van der Waals surface area contributed by atoms with E-state index in [4.69, 9.17) is 5.84 Å². The molecule has 0 heterocycles. The molecule has 1 unspecified atom stereocenters. The summed E-state index contributed by atoms with van der Waals surface area (Å²) in [6, 6.07) is 0.523. The minimum absolute atomic E-state index is 0.523. The Kier molecular flexibility index (Phi) is 6.57. The van der Waals surface area contributed by atoms with Crippen molar-refractivity contribution in [3.8, 4) is 0 Å². The Morgan fingerprint density at radius 1 is 1.36 bits per heavy atom. The van der Waals surface area contributed by atoms with Crippen LogP contribution in [0.3, 0.4) is 0 Å². The lowest BCUT2D eigenvalue weighted by Crippen LogP contribution is -2.35. The number of rotatable bonds is 6. The van der Waals surface area contributed by atoms with E-state index in [1.807, 2.05) is 0 Å². The van der Waals surface area contributed by atoms with Gasteiger partial charge in [0.25, 0.3) is 0 Å². The van der Waals surface area contributed by atoms with Crippen LogP contribution < -0.4 is 11.3 Å². The van der Waals surface area contributed by atoms with Crippen LogP contribution in [0.15, 0.2) is 0 Å². The SMILES string of the molecule is CCCCC(CC(C)C)NN. The first kappa shape index (κ1) is 10.9. The van der Waals surface area contributed by atoms with Crippen molar-refractivity contribution in [3.05, 3.63) is 0 Å². The predicted octanol–water partition coefficient (Wildman–Crippen LogP) is 2.05. The molecule has 0 aliphatic carbocycles. The van der Waals surface area contributed by atoms with E-state index in [2.05, 4.69) is 26.2 Å². The van der Waals surface area contributed by atoms with Crippen LogP contribution in [0.25, 0.3) is 0 Å². The molecule has 0 bridgehead atoms. The summed E-state index contributed by atoms with van der Waals surface area (Å²) in [6.45, 7) is 6.68. The fourth-order valence-electron chi connectivity index (χ4n) is 1.29. The first-order valence-electron chi connectivity index (χ1n) is 4.66. The van der Waals surface area contributed by atoms with E-state index >= 15 is 0 Å². The van der Waals surface area contributed by atoms with Crippen molar-refractivity contribution >= 4 is 0 Å². The third-order valence-electron chi connectivity index (χ3n) is 1.90. The van der Waals surface area contributed by atoms with Crippen molar-refractivity contribution in [1.82, 2.24) is 5.43 Å². The molecule has 0 aromatic carbocycles. The molecule has 0 amide bonds. The summed E-state index contributed by atoms with van der Waals surface area (Å²) in [6.07, 6.45) is 4.94. The highest BCUT2D eigenvalue weighted by atomic mass is 15.2. The highest BCUT2D eigenvalue weighted by molar-refractivity contribution is 4.64. The Hall–Kier alpha value is -0.0800. The van der Waals surface area contributed by atoms with Gasteiger partial charge in [0.05, 0.1) is 0 Å². The zero-order valence-corrected chi connectivity index (χ0v) is 8.06. The van der Waals surface area contributed by atoms with Crippen LogP contribution in [0.5, 0.6) is 0 Å². The second-order valence-electron chi connectivity index (χ2n) is 3.64. The normalized spacial score (nSPS) is 13.9. The largest absolute Gasteiger partial charge is 0.271 e. The highest BCUT2D eigenvalue weighted by Gasteiger charge is 2.07. The van der Waals surface area contributed by atoms with E-state index in [0.717, 1.165) is 5.92 Å². The minimum atomic E-state index is 0.523. The van der Waals surface area contributed by atoms with Crippen molar-refractivity contribution in [2.75, 3.05) is 0 Å². The molecule has 0 saturated carbocycles. The van der Waals surface area contributed by atoms with Crippen molar-refractivity contribution in [3.63, 3.8) is 0 Å². The molecule has 0 aromatic rings. The molecule has 2 heteroatoms. The minimum Gasteiger partial charge on any atom is -0.271 e. The molecule has 1 atom stereocenters. The van der Waals surface area contributed by atoms with Gasteiger partial charge in [-0.1, -0.05) is 33.6 Å². The molecule has 68 valence electrons. The Morgan fingerprint density at radius 3 is 2.36 bits per heavy atom. The van der Waals surface area contributed by atoms with Crippen molar-refractivity contribution in [2.45, 2.75) is 52.5 Å². The summed E-state index contributed by atoms with van der Waals surface area (Å²) < 4.78 is 0. The lowest BCUT2D eigenvalue weighted by Gasteiger charge is -2.17. The molecular weight excluding hydrogens is 136 g/mol. The predicted molar refractivity (Wildman–Crippen MR) is 50.1 cm³/mol. The summed E-state index contributed by atoms with van der Waals surface area (Å²) in [7, 11) is 0. The smallest absolute Gasteiger partial charge is 0.0213 e. The molecule has 0 saturated heterocycles. The van der Waals surface area contributed by atoms with Crippen LogP contribution >= 0.6 is 0 Å². The number of hydrogen-bond acceptors (Lipinski definition) is 2. The number of hydrogen-bond donors (Lipinski definition) is 2. The van der Waals surface area contributed by atoms with Crippen LogP contribution in [0, 0.1) is 5.92 Å².